The summed E-state index contributed by atoms with van der Waals surface area (Å²) in [6, 6.07) is 5.67. The molecule has 0 saturated carbocycles. The van der Waals surface area contributed by atoms with Crippen LogP contribution < -0.4 is 5.32 Å². The van der Waals surface area contributed by atoms with E-state index in [1.54, 1.807) is 11.8 Å². The summed E-state index contributed by atoms with van der Waals surface area (Å²) in [6.07, 6.45) is -0.326. The molecule has 130 valence electrons. The molecule has 1 aliphatic rings. The van der Waals surface area contributed by atoms with E-state index in [0.29, 0.717) is 38.5 Å². The minimum absolute atomic E-state index is 0.0249. The number of piperazine rings is 1. The fourth-order valence-electron chi connectivity index (χ4n) is 2.37. The number of hydrogen-bond donors (Lipinski definition) is 1. The van der Waals surface area contributed by atoms with Gasteiger partial charge in [0.2, 0.25) is 5.91 Å². The maximum Gasteiger partial charge on any atom is 0.409 e. The highest BCUT2D eigenvalue weighted by Gasteiger charge is 2.23. The number of anilines is 1. The number of benzene rings is 1. The van der Waals surface area contributed by atoms with Crippen LogP contribution in [0.2, 0.25) is 0 Å². The van der Waals surface area contributed by atoms with Gasteiger partial charge in [-0.2, -0.15) is 0 Å². The van der Waals surface area contributed by atoms with Crippen molar-refractivity contribution in [1.82, 2.24) is 9.80 Å². The van der Waals surface area contributed by atoms with Gasteiger partial charge in [-0.05, 0) is 19.1 Å². The summed E-state index contributed by atoms with van der Waals surface area (Å²) in [4.78, 5) is 37.3. The van der Waals surface area contributed by atoms with Gasteiger partial charge in [0, 0.05) is 44.0 Å². The van der Waals surface area contributed by atoms with Crippen molar-refractivity contribution in [2.75, 3.05) is 44.6 Å². The van der Waals surface area contributed by atoms with Gasteiger partial charge in [-0.3, -0.25) is 19.8 Å². The third-order valence-corrected chi connectivity index (χ3v) is 3.63. The van der Waals surface area contributed by atoms with Gasteiger partial charge in [0.15, 0.2) is 0 Å². The monoisotopic (exact) mass is 336 g/mol. The number of rotatable bonds is 5. The number of nitrogens with one attached hydrogen (secondary N) is 1. The number of hydrogen-bond acceptors (Lipinski definition) is 6. The molecule has 1 aromatic carbocycles. The molecular formula is C15H20N4O5. The second kappa shape index (κ2) is 8.25. The van der Waals surface area contributed by atoms with Crippen LogP contribution >= 0.6 is 0 Å². The molecule has 0 spiro atoms. The van der Waals surface area contributed by atoms with Crippen LogP contribution in [-0.2, 0) is 9.53 Å². The minimum atomic E-state index is -0.491. The predicted octanol–water partition coefficient (Wildman–Crippen LogP) is 1.31. The molecule has 1 saturated heterocycles. The average Bonchev–Trinajstić information content (AvgIpc) is 2.56. The van der Waals surface area contributed by atoms with Gasteiger partial charge in [0.1, 0.15) is 0 Å². The van der Waals surface area contributed by atoms with Crippen LogP contribution in [-0.4, -0.2) is 66.1 Å². The quantitative estimate of drug-likeness (QED) is 0.642. The number of non-ortho nitro benzene ring substituents is 1. The Hall–Kier alpha value is -2.68. The number of carbonyl (C=O) groups is 2. The van der Waals surface area contributed by atoms with Crippen LogP contribution in [0, 0.1) is 10.1 Å². The van der Waals surface area contributed by atoms with Crippen molar-refractivity contribution in [3.8, 4) is 0 Å². The fraction of sp³-hybridized carbons (Fsp3) is 0.467. The van der Waals surface area contributed by atoms with Gasteiger partial charge in [0.25, 0.3) is 5.69 Å². The van der Waals surface area contributed by atoms with E-state index in [9.17, 15) is 19.7 Å². The highest BCUT2D eigenvalue weighted by molar-refractivity contribution is 5.92. The topological polar surface area (TPSA) is 105 Å². The molecular weight excluding hydrogens is 316 g/mol. The molecule has 0 aromatic heterocycles. The maximum absolute atomic E-state index is 12.0. The van der Waals surface area contributed by atoms with E-state index in [4.69, 9.17) is 4.74 Å². The zero-order chi connectivity index (χ0) is 17.5. The molecule has 1 N–H and O–H groups in total. The number of ether oxygens (including phenoxy) is 1. The van der Waals surface area contributed by atoms with Gasteiger partial charge < -0.3 is 15.0 Å². The van der Waals surface area contributed by atoms with Crippen molar-refractivity contribution in [2.45, 2.75) is 6.92 Å². The number of nitro groups is 1. The first-order chi connectivity index (χ1) is 11.5. The Labute approximate surface area is 139 Å². The Bertz CT molecular complexity index is 596. The third kappa shape index (κ3) is 4.92. The first kappa shape index (κ1) is 17.7. The van der Waals surface area contributed by atoms with Gasteiger partial charge in [-0.25, -0.2) is 4.79 Å². The molecule has 2 rings (SSSR count). The van der Waals surface area contributed by atoms with E-state index in [-0.39, 0.29) is 24.2 Å². The molecule has 2 amide bonds. The summed E-state index contributed by atoms with van der Waals surface area (Å²) < 4.78 is 4.94. The van der Waals surface area contributed by atoms with Crippen molar-refractivity contribution < 1.29 is 19.2 Å². The number of nitro benzene ring substituents is 1. The Morgan fingerprint density at radius 3 is 2.38 bits per heavy atom. The van der Waals surface area contributed by atoms with Crippen molar-refractivity contribution in [1.29, 1.82) is 0 Å². The molecule has 0 atom stereocenters. The SMILES string of the molecule is CCOC(=O)N1CCN(CC(=O)Nc2ccc([N+](=O)[O-])cc2)CC1. The molecule has 0 bridgehead atoms. The molecule has 9 heteroatoms. The highest BCUT2D eigenvalue weighted by Crippen LogP contribution is 2.15. The summed E-state index contributed by atoms with van der Waals surface area (Å²) in [5, 5.41) is 13.3. The maximum atomic E-state index is 12.0. The van der Waals surface area contributed by atoms with Crippen LogP contribution in [0.5, 0.6) is 0 Å². The normalized spacial score (nSPS) is 15.0. The second-order valence-corrected chi connectivity index (χ2v) is 5.31. The summed E-state index contributed by atoms with van der Waals surface area (Å²) in [5.74, 6) is -0.201. The van der Waals surface area contributed by atoms with Crippen LogP contribution in [0.1, 0.15) is 6.92 Å². The van der Waals surface area contributed by atoms with E-state index in [1.165, 1.54) is 24.3 Å². The van der Waals surface area contributed by atoms with E-state index in [0.717, 1.165) is 0 Å². The summed E-state index contributed by atoms with van der Waals surface area (Å²) in [7, 11) is 0. The number of amides is 2. The Kier molecular flexibility index (Phi) is 6.07. The molecule has 1 aliphatic heterocycles. The van der Waals surface area contributed by atoms with Crippen molar-refractivity contribution >= 4 is 23.4 Å². The lowest BCUT2D eigenvalue weighted by atomic mass is 10.2. The van der Waals surface area contributed by atoms with Gasteiger partial charge >= 0.3 is 6.09 Å². The van der Waals surface area contributed by atoms with Gasteiger partial charge in [0.05, 0.1) is 18.1 Å². The lowest BCUT2D eigenvalue weighted by Gasteiger charge is -2.33. The number of nitrogens with zero attached hydrogens (tertiary/aromatic N) is 3. The minimum Gasteiger partial charge on any atom is -0.450 e. The van der Waals surface area contributed by atoms with Crippen LogP contribution in [0.4, 0.5) is 16.2 Å². The Balaban J connectivity index is 1.77. The molecule has 0 aliphatic carbocycles. The van der Waals surface area contributed by atoms with Gasteiger partial charge in [-0.1, -0.05) is 0 Å². The summed E-state index contributed by atoms with van der Waals surface area (Å²) in [6.45, 7) is 4.52. The third-order valence-electron chi connectivity index (χ3n) is 3.63. The lowest BCUT2D eigenvalue weighted by Crippen LogP contribution is -2.50. The zero-order valence-corrected chi connectivity index (χ0v) is 13.4. The molecule has 1 fully saturated rings. The van der Waals surface area contributed by atoms with Crippen LogP contribution in [0.3, 0.4) is 0 Å². The fourth-order valence-corrected chi connectivity index (χ4v) is 2.37. The first-order valence-electron chi connectivity index (χ1n) is 7.68. The van der Waals surface area contributed by atoms with Crippen molar-refractivity contribution in [3.63, 3.8) is 0 Å². The average molecular weight is 336 g/mol. The van der Waals surface area contributed by atoms with E-state index in [2.05, 4.69) is 5.32 Å². The largest absolute Gasteiger partial charge is 0.450 e. The van der Waals surface area contributed by atoms with Crippen molar-refractivity contribution in [2.24, 2.45) is 0 Å². The number of carbonyl (C=O) groups excluding carboxylic acids is 2. The zero-order valence-electron chi connectivity index (χ0n) is 13.4. The van der Waals surface area contributed by atoms with E-state index < -0.39 is 4.92 Å². The molecule has 0 unspecified atom stereocenters. The highest BCUT2D eigenvalue weighted by atomic mass is 16.6. The van der Waals surface area contributed by atoms with Gasteiger partial charge in [-0.15, -0.1) is 0 Å². The molecule has 9 nitrogen and oxygen atoms in total. The molecule has 1 aromatic rings. The Morgan fingerprint density at radius 2 is 1.83 bits per heavy atom. The Morgan fingerprint density at radius 1 is 1.21 bits per heavy atom. The first-order valence-corrected chi connectivity index (χ1v) is 7.68. The van der Waals surface area contributed by atoms with Crippen LogP contribution in [0.15, 0.2) is 24.3 Å². The molecule has 24 heavy (non-hydrogen) atoms. The molecule has 1 heterocycles. The van der Waals surface area contributed by atoms with Crippen molar-refractivity contribution in [3.05, 3.63) is 34.4 Å². The smallest absolute Gasteiger partial charge is 0.409 e. The second-order valence-electron chi connectivity index (χ2n) is 5.31. The van der Waals surface area contributed by atoms with Crippen LogP contribution in [0.25, 0.3) is 0 Å². The standard InChI is InChI=1S/C15H20N4O5/c1-2-24-15(21)18-9-7-17(8-10-18)11-14(20)16-12-3-5-13(6-4-12)19(22)23/h3-6H,2,7-11H2,1H3,(H,16,20). The summed E-state index contributed by atoms with van der Waals surface area (Å²) >= 11 is 0. The van der Waals surface area contributed by atoms with E-state index >= 15 is 0 Å². The van der Waals surface area contributed by atoms with E-state index in [1.807, 2.05) is 4.90 Å². The summed E-state index contributed by atoms with van der Waals surface area (Å²) in [5.41, 5.74) is 0.485. The molecule has 0 radical (unpaired) electrons. The lowest BCUT2D eigenvalue weighted by molar-refractivity contribution is -0.384. The predicted molar refractivity (Wildman–Crippen MR) is 86.8 cm³/mol.